The van der Waals surface area contributed by atoms with Crippen LogP contribution in [0.3, 0.4) is 0 Å². The van der Waals surface area contributed by atoms with Crippen molar-refractivity contribution in [3.63, 3.8) is 0 Å². The van der Waals surface area contributed by atoms with E-state index >= 15 is 0 Å². The van der Waals surface area contributed by atoms with Gasteiger partial charge in [-0.05, 0) is 50.5 Å². The summed E-state index contributed by atoms with van der Waals surface area (Å²) in [6, 6.07) is 6.87. The maximum atomic E-state index is 12.0. The number of ether oxygens (including phenoxy) is 2. The van der Waals surface area contributed by atoms with E-state index in [9.17, 15) is 9.59 Å². The lowest BCUT2D eigenvalue weighted by atomic mass is 9.44. The van der Waals surface area contributed by atoms with E-state index in [0.717, 1.165) is 19.3 Å². The van der Waals surface area contributed by atoms with Crippen molar-refractivity contribution in [2.24, 2.45) is 0 Å². The van der Waals surface area contributed by atoms with Crippen molar-refractivity contribution in [1.82, 2.24) is 10.6 Å². The molecule has 7 heteroatoms. The molecule has 0 saturated heterocycles. The van der Waals surface area contributed by atoms with Gasteiger partial charge in [-0.3, -0.25) is 9.59 Å². The minimum Gasteiger partial charge on any atom is -0.484 e. The average molecular weight is 353 g/mol. The minimum absolute atomic E-state index is 0.0346. The second-order valence-corrected chi connectivity index (χ2v) is 7.00. The number of benzene rings is 1. The van der Waals surface area contributed by atoms with E-state index in [4.69, 9.17) is 21.1 Å². The third kappa shape index (κ3) is 3.65. The monoisotopic (exact) mass is 352 g/mol. The zero-order valence-corrected chi connectivity index (χ0v) is 14.3. The molecule has 2 amide bonds. The first-order valence-electron chi connectivity index (χ1n) is 8.02. The van der Waals surface area contributed by atoms with Crippen LogP contribution in [0.15, 0.2) is 24.3 Å². The third-order valence-electron chi connectivity index (χ3n) is 4.46. The highest BCUT2D eigenvalue weighted by Crippen LogP contribution is 2.60. The first-order chi connectivity index (χ1) is 11.4. The highest BCUT2D eigenvalue weighted by Gasteiger charge is 2.69. The summed E-state index contributed by atoms with van der Waals surface area (Å²) in [5.74, 6) is 0.355. The predicted molar refractivity (Wildman–Crippen MR) is 89.0 cm³/mol. The Morgan fingerprint density at radius 1 is 1.04 bits per heavy atom. The number of halogens is 1. The second kappa shape index (κ2) is 6.61. The van der Waals surface area contributed by atoms with E-state index < -0.39 is 0 Å². The van der Waals surface area contributed by atoms with E-state index in [2.05, 4.69) is 10.6 Å². The molecule has 3 aliphatic carbocycles. The summed E-state index contributed by atoms with van der Waals surface area (Å²) in [4.78, 5) is 23.7. The molecule has 3 fully saturated rings. The molecule has 0 radical (unpaired) electrons. The Morgan fingerprint density at radius 3 is 2.12 bits per heavy atom. The molecule has 3 saturated carbocycles. The number of carbonyl (C=O) groups is 2. The van der Waals surface area contributed by atoms with Crippen molar-refractivity contribution in [2.75, 3.05) is 19.8 Å². The van der Waals surface area contributed by atoms with Gasteiger partial charge >= 0.3 is 0 Å². The van der Waals surface area contributed by atoms with Gasteiger partial charge in [0.1, 0.15) is 12.4 Å². The molecule has 0 spiro atoms. The summed E-state index contributed by atoms with van der Waals surface area (Å²) in [5, 5.41) is 6.63. The van der Waals surface area contributed by atoms with Crippen LogP contribution < -0.4 is 15.4 Å². The maximum absolute atomic E-state index is 12.0. The zero-order chi connectivity index (χ0) is 17.2. The topological polar surface area (TPSA) is 76.7 Å². The largest absolute Gasteiger partial charge is 0.484 e. The summed E-state index contributed by atoms with van der Waals surface area (Å²) in [6.45, 7) is 2.43. The zero-order valence-electron chi connectivity index (χ0n) is 13.6. The molecule has 0 aromatic heterocycles. The summed E-state index contributed by atoms with van der Waals surface area (Å²) in [7, 11) is 0. The standard InChI is InChI=1S/C17H21ClN2O4/c1-2-23-7-14(21)19-16-9-17(10-16,11-16)20-15(22)8-24-13-5-3-12(18)4-6-13/h3-6H,2,7-11H2,1H3,(H,19,21)(H,20,22). The molecule has 0 unspecified atom stereocenters. The Bertz CT molecular complexity index is 612. The quantitative estimate of drug-likeness (QED) is 0.746. The Labute approximate surface area is 145 Å². The van der Waals surface area contributed by atoms with Crippen LogP contribution in [0.25, 0.3) is 0 Å². The van der Waals surface area contributed by atoms with Gasteiger partial charge in [0.05, 0.1) is 0 Å². The highest BCUT2D eigenvalue weighted by atomic mass is 35.5. The molecule has 2 bridgehead atoms. The number of carbonyl (C=O) groups excluding carboxylic acids is 2. The van der Waals surface area contributed by atoms with Gasteiger partial charge in [0.15, 0.2) is 6.61 Å². The van der Waals surface area contributed by atoms with Crippen LogP contribution in [0, 0.1) is 0 Å². The van der Waals surface area contributed by atoms with Crippen LogP contribution in [0.1, 0.15) is 26.2 Å². The van der Waals surface area contributed by atoms with E-state index in [1.807, 2.05) is 6.92 Å². The van der Waals surface area contributed by atoms with Gasteiger partial charge in [0.2, 0.25) is 5.91 Å². The number of rotatable bonds is 8. The Hall–Kier alpha value is -1.79. The number of hydrogen-bond donors (Lipinski definition) is 2. The summed E-state index contributed by atoms with van der Waals surface area (Å²) in [5.41, 5.74) is -0.335. The number of hydrogen-bond acceptors (Lipinski definition) is 4. The second-order valence-electron chi connectivity index (χ2n) is 6.57. The predicted octanol–water partition coefficient (Wildman–Crippen LogP) is 1.66. The Balaban J connectivity index is 1.37. The lowest BCUT2D eigenvalue weighted by Gasteiger charge is -2.70. The smallest absolute Gasteiger partial charge is 0.258 e. The van der Waals surface area contributed by atoms with Gasteiger partial charge < -0.3 is 20.1 Å². The van der Waals surface area contributed by atoms with Crippen LogP contribution in [0.4, 0.5) is 0 Å². The van der Waals surface area contributed by atoms with E-state index in [1.165, 1.54) is 0 Å². The summed E-state index contributed by atoms with van der Waals surface area (Å²) < 4.78 is 10.5. The van der Waals surface area contributed by atoms with E-state index in [1.54, 1.807) is 24.3 Å². The van der Waals surface area contributed by atoms with Crippen molar-refractivity contribution in [3.8, 4) is 5.75 Å². The molecule has 24 heavy (non-hydrogen) atoms. The fourth-order valence-corrected chi connectivity index (χ4v) is 3.72. The molecule has 0 heterocycles. The van der Waals surface area contributed by atoms with Crippen molar-refractivity contribution >= 4 is 23.4 Å². The Kier molecular flexibility index (Phi) is 4.69. The molecule has 2 N–H and O–H groups in total. The van der Waals surface area contributed by atoms with E-state index in [-0.39, 0.29) is 36.1 Å². The van der Waals surface area contributed by atoms with Gasteiger partial charge in [0.25, 0.3) is 5.91 Å². The van der Waals surface area contributed by atoms with E-state index in [0.29, 0.717) is 17.4 Å². The van der Waals surface area contributed by atoms with Crippen LogP contribution in [-0.4, -0.2) is 42.7 Å². The van der Waals surface area contributed by atoms with Crippen molar-refractivity contribution in [2.45, 2.75) is 37.3 Å². The van der Waals surface area contributed by atoms with Gasteiger partial charge in [-0.15, -0.1) is 0 Å². The minimum atomic E-state index is -0.181. The third-order valence-corrected chi connectivity index (χ3v) is 4.71. The van der Waals surface area contributed by atoms with Gasteiger partial charge in [-0.2, -0.15) is 0 Å². The van der Waals surface area contributed by atoms with Crippen LogP contribution in [-0.2, 0) is 14.3 Å². The molecule has 0 atom stereocenters. The molecule has 6 nitrogen and oxygen atoms in total. The number of amides is 2. The molecule has 130 valence electrons. The molecule has 1 aromatic rings. The van der Waals surface area contributed by atoms with Crippen LogP contribution in [0.2, 0.25) is 5.02 Å². The maximum Gasteiger partial charge on any atom is 0.258 e. The summed E-state index contributed by atoms with van der Waals surface area (Å²) in [6.07, 6.45) is 2.31. The SMILES string of the molecule is CCOCC(=O)NC12CC(NC(=O)COc3ccc(Cl)cc3)(C1)C2. The first kappa shape index (κ1) is 17.0. The van der Waals surface area contributed by atoms with Gasteiger partial charge in [-0.1, -0.05) is 11.6 Å². The van der Waals surface area contributed by atoms with Crippen molar-refractivity contribution in [3.05, 3.63) is 29.3 Å². The van der Waals surface area contributed by atoms with Crippen molar-refractivity contribution < 1.29 is 19.1 Å². The molecule has 0 aliphatic heterocycles. The van der Waals surface area contributed by atoms with Crippen LogP contribution in [0.5, 0.6) is 5.75 Å². The molecule has 3 aliphatic rings. The number of nitrogens with one attached hydrogen (secondary N) is 2. The normalized spacial score (nSPS) is 26.8. The first-order valence-corrected chi connectivity index (χ1v) is 8.40. The van der Waals surface area contributed by atoms with Gasteiger partial charge in [-0.25, -0.2) is 0 Å². The van der Waals surface area contributed by atoms with Gasteiger partial charge in [0, 0.05) is 22.7 Å². The lowest BCUT2D eigenvalue weighted by molar-refractivity contribution is -0.152. The van der Waals surface area contributed by atoms with Crippen molar-refractivity contribution in [1.29, 1.82) is 0 Å². The van der Waals surface area contributed by atoms with Crippen LogP contribution >= 0.6 is 11.6 Å². The molecular formula is C17H21ClN2O4. The highest BCUT2D eigenvalue weighted by molar-refractivity contribution is 6.30. The average Bonchev–Trinajstić information content (AvgIpc) is 2.49. The Morgan fingerprint density at radius 2 is 1.58 bits per heavy atom. The lowest BCUT2D eigenvalue weighted by Crippen LogP contribution is -2.84. The fourth-order valence-electron chi connectivity index (χ4n) is 3.59. The fraction of sp³-hybridized carbons (Fsp3) is 0.529. The summed E-state index contributed by atoms with van der Waals surface area (Å²) >= 11 is 5.80. The molecule has 4 rings (SSSR count). The molecular weight excluding hydrogens is 332 g/mol. The molecule has 1 aromatic carbocycles.